The zero-order valence-electron chi connectivity index (χ0n) is 12.4. The van der Waals surface area contributed by atoms with Crippen molar-refractivity contribution < 1.29 is 23.8 Å². The van der Waals surface area contributed by atoms with Crippen LogP contribution in [0, 0.1) is 0 Å². The fraction of sp³-hybridized carbons (Fsp3) is 0.571. The molecule has 7 nitrogen and oxygen atoms in total. The van der Waals surface area contributed by atoms with Crippen LogP contribution in [0.1, 0.15) is 37.1 Å². The van der Waals surface area contributed by atoms with E-state index in [2.05, 4.69) is 5.32 Å². The van der Waals surface area contributed by atoms with Crippen molar-refractivity contribution in [3.8, 4) is 0 Å². The van der Waals surface area contributed by atoms with E-state index in [0.29, 0.717) is 18.8 Å². The third kappa shape index (κ3) is 3.98. The number of ether oxygens (including phenoxy) is 1. The molecule has 7 heteroatoms. The van der Waals surface area contributed by atoms with E-state index in [-0.39, 0.29) is 30.0 Å². The van der Waals surface area contributed by atoms with Gasteiger partial charge in [-0.2, -0.15) is 0 Å². The quantitative estimate of drug-likeness (QED) is 0.885. The van der Waals surface area contributed by atoms with E-state index < -0.39 is 5.97 Å². The number of carbonyl (C=O) groups excluding carboxylic acids is 1. The molecule has 0 spiro atoms. The van der Waals surface area contributed by atoms with Crippen molar-refractivity contribution in [2.24, 2.45) is 0 Å². The number of carboxylic acids is 1. The lowest BCUT2D eigenvalue weighted by molar-refractivity contribution is -0.117. The number of rotatable bonds is 3. The van der Waals surface area contributed by atoms with Crippen LogP contribution in [0.5, 0.6) is 0 Å². The van der Waals surface area contributed by atoms with Crippen LogP contribution in [0.25, 0.3) is 0 Å². The number of hydrogen-bond acceptors (Lipinski definition) is 4. The van der Waals surface area contributed by atoms with E-state index in [4.69, 9.17) is 14.3 Å². The predicted molar refractivity (Wildman–Crippen MR) is 74.1 cm³/mol. The van der Waals surface area contributed by atoms with Crippen LogP contribution >= 0.6 is 0 Å². The van der Waals surface area contributed by atoms with Gasteiger partial charge >= 0.3 is 12.0 Å². The van der Waals surface area contributed by atoms with Crippen LogP contribution in [-0.4, -0.2) is 46.8 Å². The Bertz CT molecular complexity index is 537. The summed E-state index contributed by atoms with van der Waals surface area (Å²) in [4.78, 5) is 24.5. The molecule has 1 fully saturated rings. The predicted octanol–water partition coefficient (Wildman–Crippen LogP) is 1.69. The summed E-state index contributed by atoms with van der Waals surface area (Å²) in [5.41, 5.74) is -0.379. The Labute approximate surface area is 122 Å². The van der Waals surface area contributed by atoms with Gasteiger partial charge in [-0.15, -0.1) is 0 Å². The Morgan fingerprint density at radius 1 is 1.48 bits per heavy atom. The lowest BCUT2D eigenvalue weighted by Crippen LogP contribution is -2.56. The molecule has 2 amide bonds. The molecule has 21 heavy (non-hydrogen) atoms. The zero-order chi connectivity index (χ0) is 15.6. The zero-order valence-corrected chi connectivity index (χ0v) is 12.4. The molecule has 0 radical (unpaired) electrons. The third-order valence-corrected chi connectivity index (χ3v) is 3.14. The number of hydrogen-bond donors (Lipinski definition) is 2. The fourth-order valence-electron chi connectivity index (χ4n) is 2.47. The summed E-state index contributed by atoms with van der Waals surface area (Å²) < 4.78 is 10.8. The highest BCUT2D eigenvalue weighted by Crippen LogP contribution is 2.20. The second kappa shape index (κ2) is 5.77. The molecule has 1 atom stereocenters. The van der Waals surface area contributed by atoms with Gasteiger partial charge in [0.25, 0.3) is 0 Å². The number of amides is 2. The van der Waals surface area contributed by atoms with Crippen molar-refractivity contribution in [3.05, 3.63) is 23.7 Å². The molecule has 116 valence electrons. The molecule has 2 N–H and O–H groups in total. The van der Waals surface area contributed by atoms with Crippen molar-refractivity contribution in [1.29, 1.82) is 0 Å². The molecule has 2 heterocycles. The molecule has 1 saturated heterocycles. The fourth-order valence-corrected chi connectivity index (χ4v) is 2.47. The highest BCUT2D eigenvalue weighted by atomic mass is 16.5. The average molecular weight is 296 g/mol. The van der Waals surface area contributed by atoms with Crippen LogP contribution < -0.4 is 5.32 Å². The molecule has 0 bridgehead atoms. The summed E-state index contributed by atoms with van der Waals surface area (Å²) in [7, 11) is 0. The highest BCUT2D eigenvalue weighted by molar-refractivity contribution is 5.84. The SMILES string of the molecule is CC1CN(C(=O)NCc2ccc(C(=O)O)o2)CC(C)(C)O1. The molecule has 0 saturated carbocycles. The van der Waals surface area contributed by atoms with Gasteiger partial charge in [0.2, 0.25) is 5.76 Å². The molecule has 1 aliphatic heterocycles. The summed E-state index contributed by atoms with van der Waals surface area (Å²) >= 11 is 0. The molecule has 1 aromatic rings. The van der Waals surface area contributed by atoms with Crippen molar-refractivity contribution in [3.63, 3.8) is 0 Å². The Kier molecular flexibility index (Phi) is 4.22. The van der Waals surface area contributed by atoms with E-state index in [1.54, 1.807) is 4.90 Å². The van der Waals surface area contributed by atoms with E-state index in [9.17, 15) is 9.59 Å². The Morgan fingerprint density at radius 3 is 2.76 bits per heavy atom. The first-order valence-corrected chi connectivity index (χ1v) is 6.79. The monoisotopic (exact) mass is 296 g/mol. The van der Waals surface area contributed by atoms with Gasteiger partial charge in [-0.25, -0.2) is 9.59 Å². The van der Waals surface area contributed by atoms with E-state index in [1.165, 1.54) is 12.1 Å². The number of urea groups is 1. The van der Waals surface area contributed by atoms with Gasteiger partial charge in [-0.3, -0.25) is 0 Å². The largest absolute Gasteiger partial charge is 0.475 e. The molecule has 1 aromatic heterocycles. The number of furan rings is 1. The molecule has 0 aromatic carbocycles. The van der Waals surface area contributed by atoms with Gasteiger partial charge in [0.1, 0.15) is 5.76 Å². The summed E-state index contributed by atoms with van der Waals surface area (Å²) in [6.07, 6.45) is -0.0262. The maximum Gasteiger partial charge on any atom is 0.371 e. The lowest BCUT2D eigenvalue weighted by atomic mass is 10.1. The second-order valence-electron chi connectivity index (χ2n) is 5.80. The summed E-state index contributed by atoms with van der Waals surface area (Å²) in [6.45, 7) is 6.98. The van der Waals surface area contributed by atoms with Crippen LogP contribution in [0.2, 0.25) is 0 Å². The van der Waals surface area contributed by atoms with Crippen LogP contribution in [0.3, 0.4) is 0 Å². The lowest BCUT2D eigenvalue weighted by Gasteiger charge is -2.41. The van der Waals surface area contributed by atoms with Crippen LogP contribution in [-0.2, 0) is 11.3 Å². The molecular weight excluding hydrogens is 276 g/mol. The number of carboxylic acid groups (broad SMARTS) is 1. The van der Waals surface area contributed by atoms with Gasteiger partial charge < -0.3 is 24.5 Å². The Balaban J connectivity index is 1.90. The first-order valence-electron chi connectivity index (χ1n) is 6.79. The summed E-state index contributed by atoms with van der Waals surface area (Å²) in [5.74, 6) is -0.863. The first-order chi connectivity index (χ1) is 9.77. The second-order valence-corrected chi connectivity index (χ2v) is 5.80. The maximum absolute atomic E-state index is 12.1. The molecule has 1 aliphatic rings. The number of nitrogens with one attached hydrogen (secondary N) is 1. The number of aromatic carboxylic acids is 1. The van der Waals surface area contributed by atoms with Crippen molar-refractivity contribution in [1.82, 2.24) is 10.2 Å². The number of carbonyl (C=O) groups is 2. The van der Waals surface area contributed by atoms with Crippen LogP contribution in [0.15, 0.2) is 16.5 Å². The smallest absolute Gasteiger partial charge is 0.371 e. The minimum Gasteiger partial charge on any atom is -0.475 e. The van der Waals surface area contributed by atoms with Gasteiger partial charge in [-0.1, -0.05) is 0 Å². The molecule has 1 unspecified atom stereocenters. The summed E-state index contributed by atoms with van der Waals surface area (Å²) in [6, 6.07) is 2.69. The van der Waals surface area contributed by atoms with Crippen molar-refractivity contribution >= 4 is 12.0 Å². The maximum atomic E-state index is 12.1. The van der Waals surface area contributed by atoms with E-state index >= 15 is 0 Å². The number of nitrogens with zero attached hydrogens (tertiary/aromatic N) is 1. The van der Waals surface area contributed by atoms with E-state index in [1.807, 2.05) is 20.8 Å². The standard InChI is InChI=1S/C14H20N2O5/c1-9-7-16(8-14(2,3)21-9)13(19)15-6-10-4-5-11(20-10)12(17)18/h4-5,9H,6-8H2,1-3H3,(H,15,19)(H,17,18). The Morgan fingerprint density at radius 2 is 2.19 bits per heavy atom. The number of morpholine rings is 1. The van der Waals surface area contributed by atoms with Gasteiger partial charge in [-0.05, 0) is 32.9 Å². The molecular formula is C14H20N2O5. The normalized spacial score (nSPS) is 21.1. The van der Waals surface area contributed by atoms with E-state index in [0.717, 1.165) is 0 Å². The van der Waals surface area contributed by atoms with Gasteiger partial charge in [0.05, 0.1) is 24.8 Å². The Hall–Kier alpha value is -2.02. The molecule has 2 rings (SSSR count). The van der Waals surface area contributed by atoms with Gasteiger partial charge in [0, 0.05) is 6.54 Å². The van der Waals surface area contributed by atoms with Crippen molar-refractivity contribution in [2.75, 3.05) is 13.1 Å². The third-order valence-electron chi connectivity index (χ3n) is 3.14. The minimum absolute atomic E-state index is 0.0262. The average Bonchev–Trinajstić information content (AvgIpc) is 2.82. The van der Waals surface area contributed by atoms with Crippen LogP contribution in [0.4, 0.5) is 4.79 Å². The van der Waals surface area contributed by atoms with Gasteiger partial charge in [0.15, 0.2) is 0 Å². The summed E-state index contributed by atoms with van der Waals surface area (Å²) in [5, 5.41) is 11.5. The topological polar surface area (TPSA) is 92.0 Å². The molecule has 0 aliphatic carbocycles. The minimum atomic E-state index is -1.13. The highest BCUT2D eigenvalue weighted by Gasteiger charge is 2.33. The van der Waals surface area contributed by atoms with Crippen molar-refractivity contribution in [2.45, 2.75) is 39.0 Å². The first kappa shape index (κ1) is 15.4.